The maximum Gasteiger partial charge on any atom is 0.293 e. The van der Waals surface area contributed by atoms with Crippen LogP contribution in [0.1, 0.15) is 26.3 Å². The quantitative estimate of drug-likeness (QED) is 0.500. The van der Waals surface area contributed by atoms with Crippen LogP contribution in [0.15, 0.2) is 18.2 Å². The summed E-state index contributed by atoms with van der Waals surface area (Å²) < 4.78 is 5.87. The van der Waals surface area contributed by atoms with Crippen LogP contribution in [0.4, 0.5) is 11.4 Å². The molecular weight excluding hydrogens is 272 g/mol. The minimum absolute atomic E-state index is 0.0167. The monoisotopic (exact) mass is 294 g/mol. The van der Waals surface area contributed by atoms with Crippen molar-refractivity contribution in [2.75, 3.05) is 18.5 Å². The van der Waals surface area contributed by atoms with Gasteiger partial charge in [0.15, 0.2) is 0 Å². The van der Waals surface area contributed by atoms with Crippen molar-refractivity contribution in [1.29, 1.82) is 0 Å². The standard InChI is InChI=1S/C14H22N4O3/c1-10-7-17(9-14(2,3)21-10)8-11-4-5-13(18(19)20)12(6-11)16-15/h4-6,10,16H,7-9,15H2,1-3H3. The van der Waals surface area contributed by atoms with Crippen molar-refractivity contribution in [3.05, 3.63) is 33.9 Å². The van der Waals surface area contributed by atoms with Gasteiger partial charge >= 0.3 is 0 Å². The number of nitrogens with zero attached hydrogens (tertiary/aromatic N) is 2. The van der Waals surface area contributed by atoms with Crippen LogP contribution in [0.2, 0.25) is 0 Å². The van der Waals surface area contributed by atoms with Crippen LogP contribution in [0.25, 0.3) is 0 Å². The van der Waals surface area contributed by atoms with Crippen LogP contribution >= 0.6 is 0 Å². The number of nitro benzene ring substituents is 1. The number of nitrogens with two attached hydrogens (primary N) is 1. The second-order valence-electron chi connectivity index (χ2n) is 6.11. The van der Waals surface area contributed by atoms with Crippen LogP contribution in [-0.4, -0.2) is 34.6 Å². The second-order valence-corrected chi connectivity index (χ2v) is 6.11. The number of nitrogen functional groups attached to an aromatic ring is 1. The Kier molecular flexibility index (Phi) is 4.46. The van der Waals surface area contributed by atoms with Crippen molar-refractivity contribution in [2.45, 2.75) is 39.0 Å². The average molecular weight is 294 g/mol. The van der Waals surface area contributed by atoms with Gasteiger partial charge in [-0.2, -0.15) is 0 Å². The van der Waals surface area contributed by atoms with Crippen molar-refractivity contribution in [1.82, 2.24) is 4.90 Å². The number of rotatable bonds is 4. The molecule has 0 saturated carbocycles. The minimum Gasteiger partial charge on any atom is -0.370 e. The molecule has 0 aliphatic carbocycles. The van der Waals surface area contributed by atoms with Gasteiger partial charge in [0, 0.05) is 25.7 Å². The lowest BCUT2D eigenvalue weighted by molar-refractivity contribution is -0.384. The molecule has 1 unspecified atom stereocenters. The molecule has 0 amide bonds. The molecule has 0 spiro atoms. The molecule has 116 valence electrons. The second kappa shape index (κ2) is 5.97. The number of hydrazine groups is 1. The highest BCUT2D eigenvalue weighted by atomic mass is 16.6. The summed E-state index contributed by atoms with van der Waals surface area (Å²) in [7, 11) is 0. The number of nitro groups is 1. The first-order chi connectivity index (χ1) is 9.80. The van der Waals surface area contributed by atoms with Crippen LogP contribution in [0.5, 0.6) is 0 Å². The van der Waals surface area contributed by atoms with Crippen LogP contribution in [0, 0.1) is 10.1 Å². The van der Waals surface area contributed by atoms with E-state index < -0.39 is 4.92 Å². The van der Waals surface area contributed by atoms with Crippen molar-refractivity contribution >= 4 is 11.4 Å². The number of morpholine rings is 1. The van der Waals surface area contributed by atoms with E-state index in [1.54, 1.807) is 12.1 Å². The molecule has 3 N–H and O–H groups in total. The molecule has 7 nitrogen and oxygen atoms in total. The number of anilines is 1. The van der Waals surface area contributed by atoms with Gasteiger partial charge in [0.25, 0.3) is 5.69 Å². The van der Waals surface area contributed by atoms with Crippen molar-refractivity contribution in [3.8, 4) is 0 Å². The molecule has 7 heteroatoms. The Morgan fingerprint density at radius 1 is 1.57 bits per heavy atom. The summed E-state index contributed by atoms with van der Waals surface area (Å²) in [6.45, 7) is 8.56. The Hall–Kier alpha value is -1.70. The third kappa shape index (κ3) is 3.90. The minimum atomic E-state index is -0.446. The predicted molar refractivity (Wildman–Crippen MR) is 80.8 cm³/mol. The Morgan fingerprint density at radius 3 is 2.86 bits per heavy atom. The summed E-state index contributed by atoms with van der Waals surface area (Å²) in [5, 5.41) is 10.9. The molecule has 0 bridgehead atoms. The Balaban J connectivity index is 2.14. The first-order valence-corrected chi connectivity index (χ1v) is 6.95. The predicted octanol–water partition coefficient (Wildman–Crippen LogP) is 1.88. The molecule has 1 aromatic rings. The van der Waals surface area contributed by atoms with E-state index in [2.05, 4.69) is 31.1 Å². The van der Waals surface area contributed by atoms with Gasteiger partial charge < -0.3 is 10.2 Å². The average Bonchev–Trinajstić information content (AvgIpc) is 2.35. The summed E-state index contributed by atoms with van der Waals surface area (Å²) in [5.74, 6) is 5.37. The first-order valence-electron chi connectivity index (χ1n) is 6.95. The summed E-state index contributed by atoms with van der Waals surface area (Å²) in [6.07, 6.45) is 0.166. The Labute approximate surface area is 124 Å². The highest BCUT2D eigenvalue weighted by Crippen LogP contribution is 2.27. The van der Waals surface area contributed by atoms with E-state index in [0.29, 0.717) is 12.2 Å². The van der Waals surface area contributed by atoms with E-state index in [1.807, 2.05) is 0 Å². The SMILES string of the molecule is CC1CN(Cc2ccc([N+](=O)[O-])c(NN)c2)CC(C)(C)O1. The summed E-state index contributed by atoms with van der Waals surface area (Å²) in [6, 6.07) is 4.98. The number of hydrogen-bond acceptors (Lipinski definition) is 6. The largest absolute Gasteiger partial charge is 0.370 e. The lowest BCUT2D eigenvalue weighted by Gasteiger charge is -2.41. The highest BCUT2D eigenvalue weighted by Gasteiger charge is 2.31. The molecule has 1 saturated heterocycles. The fraction of sp³-hybridized carbons (Fsp3) is 0.571. The molecule has 1 atom stereocenters. The summed E-state index contributed by atoms with van der Waals surface area (Å²) in [5.41, 5.74) is 3.51. The van der Waals surface area contributed by atoms with E-state index in [9.17, 15) is 10.1 Å². The third-order valence-electron chi connectivity index (χ3n) is 3.46. The van der Waals surface area contributed by atoms with Crippen LogP contribution in [0.3, 0.4) is 0 Å². The zero-order valence-electron chi connectivity index (χ0n) is 12.6. The van der Waals surface area contributed by atoms with Gasteiger partial charge in [-0.3, -0.25) is 20.9 Å². The summed E-state index contributed by atoms with van der Waals surface area (Å²) >= 11 is 0. The molecule has 1 fully saturated rings. The molecular formula is C14H22N4O3. The van der Waals surface area contributed by atoms with Crippen molar-refractivity contribution < 1.29 is 9.66 Å². The van der Waals surface area contributed by atoms with E-state index in [4.69, 9.17) is 10.6 Å². The third-order valence-corrected chi connectivity index (χ3v) is 3.46. The normalized spacial score (nSPS) is 22.0. The first kappa shape index (κ1) is 15.7. The smallest absolute Gasteiger partial charge is 0.293 e. The lowest BCUT2D eigenvalue weighted by atomic mass is 10.0. The molecule has 2 rings (SSSR count). The van der Waals surface area contributed by atoms with Gasteiger partial charge in [-0.1, -0.05) is 6.07 Å². The zero-order chi connectivity index (χ0) is 15.6. The maximum absolute atomic E-state index is 10.9. The number of ether oxygens (including phenoxy) is 1. The number of benzene rings is 1. The topological polar surface area (TPSA) is 93.7 Å². The van der Waals surface area contributed by atoms with Gasteiger partial charge in [0.2, 0.25) is 0 Å². The fourth-order valence-electron chi connectivity index (χ4n) is 2.92. The van der Waals surface area contributed by atoms with Gasteiger partial charge in [-0.15, -0.1) is 0 Å². The van der Waals surface area contributed by atoms with Gasteiger partial charge in [0.05, 0.1) is 16.6 Å². The molecule has 1 aromatic carbocycles. The van der Waals surface area contributed by atoms with Gasteiger partial charge in [-0.25, -0.2) is 0 Å². The molecule has 1 aliphatic rings. The Bertz CT molecular complexity index is 533. The van der Waals surface area contributed by atoms with E-state index in [0.717, 1.165) is 18.7 Å². The zero-order valence-corrected chi connectivity index (χ0v) is 12.6. The van der Waals surface area contributed by atoms with Crippen molar-refractivity contribution in [2.24, 2.45) is 5.84 Å². The van der Waals surface area contributed by atoms with Crippen LogP contribution in [-0.2, 0) is 11.3 Å². The number of nitrogens with one attached hydrogen (secondary N) is 1. The lowest BCUT2D eigenvalue weighted by Crippen LogP contribution is -2.51. The van der Waals surface area contributed by atoms with Gasteiger partial charge in [-0.05, 0) is 32.4 Å². The van der Waals surface area contributed by atoms with E-state index in [-0.39, 0.29) is 17.4 Å². The van der Waals surface area contributed by atoms with Crippen molar-refractivity contribution in [3.63, 3.8) is 0 Å². The van der Waals surface area contributed by atoms with E-state index in [1.165, 1.54) is 6.07 Å². The molecule has 1 aliphatic heterocycles. The van der Waals surface area contributed by atoms with Crippen LogP contribution < -0.4 is 11.3 Å². The highest BCUT2D eigenvalue weighted by molar-refractivity contribution is 5.62. The fourth-order valence-corrected chi connectivity index (χ4v) is 2.92. The maximum atomic E-state index is 10.9. The molecule has 0 radical (unpaired) electrons. The molecule has 0 aromatic heterocycles. The summed E-state index contributed by atoms with van der Waals surface area (Å²) in [4.78, 5) is 12.7. The molecule has 21 heavy (non-hydrogen) atoms. The molecule has 1 heterocycles. The van der Waals surface area contributed by atoms with Gasteiger partial charge in [0.1, 0.15) is 5.69 Å². The Morgan fingerprint density at radius 2 is 2.29 bits per heavy atom. The number of hydrogen-bond donors (Lipinski definition) is 2. The van der Waals surface area contributed by atoms with E-state index >= 15 is 0 Å².